The van der Waals surface area contributed by atoms with Crippen LogP contribution < -0.4 is 10.6 Å². The number of benzene rings is 2. The zero-order valence-electron chi connectivity index (χ0n) is 12.1. The molecule has 0 amide bonds. The maximum atomic E-state index is 3.64. The molecule has 1 aliphatic carbocycles. The van der Waals surface area contributed by atoms with E-state index in [1.54, 1.807) is 0 Å². The minimum atomic E-state index is 0.122. The van der Waals surface area contributed by atoms with Crippen molar-refractivity contribution in [3.05, 3.63) is 76.9 Å². The molecule has 2 N–H and O–H groups in total. The molecule has 2 aromatic carbocycles. The summed E-state index contributed by atoms with van der Waals surface area (Å²) in [5.41, 5.74) is 7.55. The van der Waals surface area contributed by atoms with Crippen molar-refractivity contribution in [2.75, 3.05) is 5.32 Å². The third-order valence-electron chi connectivity index (χ3n) is 4.10. The molecule has 1 heterocycles. The zero-order chi connectivity index (χ0) is 14.2. The summed E-state index contributed by atoms with van der Waals surface area (Å²) in [7, 11) is 0. The van der Waals surface area contributed by atoms with Gasteiger partial charge in [-0.2, -0.15) is 0 Å². The molecule has 0 saturated heterocycles. The maximum Gasteiger partial charge on any atom is 0.123 e. The first-order valence-corrected chi connectivity index (χ1v) is 7.41. The predicted octanol–water partition coefficient (Wildman–Crippen LogP) is 4.47. The van der Waals surface area contributed by atoms with Crippen LogP contribution in [0.1, 0.15) is 34.8 Å². The van der Waals surface area contributed by atoms with Gasteiger partial charge in [0.25, 0.3) is 0 Å². The number of nitrogens with one attached hydrogen (secondary N) is 2. The third kappa shape index (κ3) is 2.13. The molecule has 21 heavy (non-hydrogen) atoms. The standard InChI is InChI=1S/C19H18N2/c1-13-6-4-9-15(12-13)19-20-16-10-3-2-7-14-8-5-11-17(21-19)18(14)16/h2,4-12,19-21H,3H2,1H3. The Labute approximate surface area is 125 Å². The molecule has 104 valence electrons. The lowest BCUT2D eigenvalue weighted by atomic mass is 9.98. The SMILES string of the molecule is Cc1cccc(C2NC3=CCC=Cc4cccc(c43)N2)c1. The first-order valence-electron chi connectivity index (χ1n) is 7.41. The largest absolute Gasteiger partial charge is 0.361 e. The highest BCUT2D eigenvalue weighted by atomic mass is 15.2. The van der Waals surface area contributed by atoms with Crippen molar-refractivity contribution in [3.63, 3.8) is 0 Å². The molecule has 0 radical (unpaired) electrons. The van der Waals surface area contributed by atoms with E-state index in [9.17, 15) is 0 Å². The Hall–Kier alpha value is -2.48. The minimum Gasteiger partial charge on any atom is -0.361 e. The highest BCUT2D eigenvalue weighted by Crippen LogP contribution is 2.36. The van der Waals surface area contributed by atoms with E-state index in [4.69, 9.17) is 0 Å². The molecular weight excluding hydrogens is 256 g/mol. The molecular formula is C19H18N2. The minimum absolute atomic E-state index is 0.122. The Kier molecular flexibility index (Phi) is 2.81. The van der Waals surface area contributed by atoms with E-state index in [1.807, 2.05) is 0 Å². The summed E-state index contributed by atoms with van der Waals surface area (Å²) in [6.07, 6.45) is 7.78. The van der Waals surface area contributed by atoms with Crippen molar-refractivity contribution in [2.24, 2.45) is 0 Å². The number of aryl methyl sites for hydroxylation is 1. The monoisotopic (exact) mass is 274 g/mol. The normalized spacial score (nSPS) is 18.9. The van der Waals surface area contributed by atoms with Crippen molar-refractivity contribution >= 4 is 17.5 Å². The summed E-state index contributed by atoms with van der Waals surface area (Å²) in [6, 6.07) is 15.1. The van der Waals surface area contributed by atoms with Crippen LogP contribution >= 0.6 is 0 Å². The molecule has 2 aliphatic rings. The van der Waals surface area contributed by atoms with Crippen molar-refractivity contribution in [2.45, 2.75) is 19.5 Å². The van der Waals surface area contributed by atoms with Crippen molar-refractivity contribution in [1.82, 2.24) is 5.32 Å². The van der Waals surface area contributed by atoms with E-state index < -0.39 is 0 Å². The molecule has 0 fully saturated rings. The first kappa shape index (κ1) is 12.3. The van der Waals surface area contributed by atoms with Gasteiger partial charge in [0.1, 0.15) is 6.17 Å². The molecule has 1 atom stereocenters. The number of rotatable bonds is 1. The Morgan fingerprint density at radius 3 is 2.86 bits per heavy atom. The van der Waals surface area contributed by atoms with Crippen molar-refractivity contribution in [3.8, 4) is 0 Å². The van der Waals surface area contributed by atoms with Gasteiger partial charge in [-0.3, -0.25) is 0 Å². The molecule has 1 unspecified atom stereocenters. The smallest absolute Gasteiger partial charge is 0.123 e. The van der Waals surface area contributed by atoms with Crippen LogP contribution in [0.2, 0.25) is 0 Å². The number of allylic oxidation sites excluding steroid dienone is 2. The summed E-state index contributed by atoms with van der Waals surface area (Å²) in [5.74, 6) is 0. The lowest BCUT2D eigenvalue weighted by molar-refractivity contribution is 0.700. The van der Waals surface area contributed by atoms with Gasteiger partial charge < -0.3 is 10.6 Å². The van der Waals surface area contributed by atoms with Gasteiger partial charge in [-0.1, -0.05) is 60.2 Å². The first-order chi connectivity index (χ1) is 10.3. The Morgan fingerprint density at radius 2 is 1.95 bits per heavy atom. The second-order valence-corrected chi connectivity index (χ2v) is 5.66. The van der Waals surface area contributed by atoms with Gasteiger partial charge in [0.15, 0.2) is 0 Å². The van der Waals surface area contributed by atoms with E-state index in [-0.39, 0.29) is 6.17 Å². The Bertz CT molecular complexity index is 756. The average Bonchev–Trinajstić information content (AvgIpc) is 2.71. The number of hydrogen-bond donors (Lipinski definition) is 2. The molecule has 4 rings (SSSR count). The van der Waals surface area contributed by atoms with E-state index in [2.05, 4.69) is 78.2 Å². The molecule has 0 bridgehead atoms. The van der Waals surface area contributed by atoms with E-state index >= 15 is 0 Å². The Balaban J connectivity index is 1.80. The summed E-state index contributed by atoms with van der Waals surface area (Å²) < 4.78 is 0. The van der Waals surface area contributed by atoms with Crippen LogP contribution in [-0.4, -0.2) is 0 Å². The van der Waals surface area contributed by atoms with Crippen LogP contribution in [0.4, 0.5) is 5.69 Å². The van der Waals surface area contributed by atoms with E-state index in [0.717, 1.165) is 6.42 Å². The molecule has 0 spiro atoms. The van der Waals surface area contributed by atoms with Gasteiger partial charge in [-0.25, -0.2) is 0 Å². The Morgan fingerprint density at radius 1 is 1.05 bits per heavy atom. The molecule has 2 heteroatoms. The summed E-state index contributed by atoms with van der Waals surface area (Å²) in [5, 5.41) is 7.27. The second-order valence-electron chi connectivity index (χ2n) is 5.66. The summed E-state index contributed by atoms with van der Waals surface area (Å²) in [6.45, 7) is 2.13. The van der Waals surface area contributed by atoms with Gasteiger partial charge in [-0.15, -0.1) is 0 Å². The van der Waals surface area contributed by atoms with Gasteiger partial charge in [0.05, 0.1) is 0 Å². The predicted molar refractivity (Wildman–Crippen MR) is 88.7 cm³/mol. The topological polar surface area (TPSA) is 24.1 Å². The van der Waals surface area contributed by atoms with Gasteiger partial charge in [0.2, 0.25) is 0 Å². The van der Waals surface area contributed by atoms with Crippen LogP contribution in [0.25, 0.3) is 11.8 Å². The summed E-state index contributed by atoms with van der Waals surface area (Å²) >= 11 is 0. The fourth-order valence-corrected chi connectivity index (χ4v) is 3.11. The highest BCUT2D eigenvalue weighted by Gasteiger charge is 2.24. The molecule has 2 aromatic rings. The van der Waals surface area contributed by atoms with Crippen LogP contribution in [0.3, 0.4) is 0 Å². The van der Waals surface area contributed by atoms with Gasteiger partial charge >= 0.3 is 0 Å². The fraction of sp³-hybridized carbons (Fsp3) is 0.158. The van der Waals surface area contributed by atoms with Crippen LogP contribution in [0.5, 0.6) is 0 Å². The van der Waals surface area contributed by atoms with Gasteiger partial charge in [0, 0.05) is 16.9 Å². The third-order valence-corrected chi connectivity index (χ3v) is 4.10. The maximum absolute atomic E-state index is 3.64. The van der Waals surface area contributed by atoms with Crippen LogP contribution in [-0.2, 0) is 0 Å². The molecule has 1 aliphatic heterocycles. The van der Waals surface area contributed by atoms with E-state index in [0.29, 0.717) is 0 Å². The average molecular weight is 274 g/mol. The number of anilines is 1. The zero-order valence-corrected chi connectivity index (χ0v) is 12.1. The number of hydrogen-bond acceptors (Lipinski definition) is 2. The van der Waals surface area contributed by atoms with Crippen molar-refractivity contribution < 1.29 is 0 Å². The van der Waals surface area contributed by atoms with Crippen LogP contribution in [0.15, 0.2) is 54.6 Å². The van der Waals surface area contributed by atoms with Crippen molar-refractivity contribution in [1.29, 1.82) is 0 Å². The van der Waals surface area contributed by atoms with Crippen LogP contribution in [0, 0.1) is 6.92 Å². The fourth-order valence-electron chi connectivity index (χ4n) is 3.11. The lowest BCUT2D eigenvalue weighted by Gasteiger charge is -2.32. The van der Waals surface area contributed by atoms with E-state index in [1.165, 1.54) is 33.6 Å². The molecule has 2 nitrogen and oxygen atoms in total. The molecule has 0 aromatic heterocycles. The lowest BCUT2D eigenvalue weighted by Crippen LogP contribution is -2.32. The highest BCUT2D eigenvalue weighted by molar-refractivity contribution is 5.85. The quantitative estimate of drug-likeness (QED) is 0.802. The second kappa shape index (κ2) is 4.81. The summed E-state index contributed by atoms with van der Waals surface area (Å²) in [4.78, 5) is 0. The van der Waals surface area contributed by atoms with Gasteiger partial charge in [-0.05, 0) is 30.5 Å². The molecule has 0 saturated carbocycles.